The van der Waals surface area contributed by atoms with Crippen molar-refractivity contribution in [3.8, 4) is 0 Å². The van der Waals surface area contributed by atoms with Crippen LogP contribution in [0.1, 0.15) is 64.8 Å². The highest BCUT2D eigenvalue weighted by Crippen LogP contribution is 2.10. The van der Waals surface area contributed by atoms with E-state index in [0.717, 1.165) is 23.1 Å². The number of hydrogen-bond acceptors (Lipinski definition) is 6. The Bertz CT molecular complexity index is 1200. The number of aromatic nitrogens is 4. The summed E-state index contributed by atoms with van der Waals surface area (Å²) in [6.45, 7) is 12.6. The summed E-state index contributed by atoms with van der Waals surface area (Å²) in [5.41, 5.74) is -1.26. The zero-order valence-corrected chi connectivity index (χ0v) is 20.4. The predicted molar refractivity (Wildman–Crippen MR) is 127 cm³/mol. The second-order valence-electron chi connectivity index (χ2n) is 7.79. The van der Waals surface area contributed by atoms with Gasteiger partial charge >= 0.3 is 22.6 Å². The standard InChI is InChI=1S/C11H17N3O4.C11H18N2O2/c1-4-6-12-8(3)9(14(17)18)10(15)13(7-5-2)11(12)16;1-4-6-12-9(3)8-10(14)13(7-5-2)11(12)15/h4-7H2,1-3H3;8H,4-7H2,1-3H3. The highest BCUT2D eigenvalue weighted by Gasteiger charge is 2.24. The molecule has 11 heteroatoms. The van der Waals surface area contributed by atoms with Crippen LogP contribution in [0.5, 0.6) is 0 Å². The van der Waals surface area contributed by atoms with E-state index in [0.29, 0.717) is 32.5 Å². The maximum Gasteiger partial charge on any atom is 0.353 e. The number of hydrogen-bond donors (Lipinski definition) is 0. The summed E-state index contributed by atoms with van der Waals surface area (Å²) >= 11 is 0. The van der Waals surface area contributed by atoms with Crippen molar-refractivity contribution in [3.05, 3.63) is 69.2 Å². The molecule has 2 heterocycles. The first-order valence-corrected chi connectivity index (χ1v) is 11.4. The van der Waals surface area contributed by atoms with Crippen LogP contribution in [0.2, 0.25) is 0 Å². The number of nitro groups is 1. The van der Waals surface area contributed by atoms with E-state index in [-0.39, 0.29) is 23.5 Å². The molecule has 0 atom stereocenters. The van der Waals surface area contributed by atoms with Gasteiger partial charge in [0.25, 0.3) is 5.56 Å². The Morgan fingerprint density at radius 1 is 0.727 bits per heavy atom. The van der Waals surface area contributed by atoms with Gasteiger partial charge in [-0.2, -0.15) is 0 Å². The van der Waals surface area contributed by atoms with E-state index >= 15 is 0 Å². The Morgan fingerprint density at radius 3 is 1.64 bits per heavy atom. The van der Waals surface area contributed by atoms with Gasteiger partial charge in [0, 0.05) is 37.9 Å². The molecule has 0 aliphatic carbocycles. The van der Waals surface area contributed by atoms with Crippen molar-refractivity contribution >= 4 is 5.69 Å². The molecular weight excluding hydrogens is 430 g/mol. The van der Waals surface area contributed by atoms with Gasteiger partial charge in [-0.1, -0.05) is 27.7 Å². The zero-order valence-electron chi connectivity index (χ0n) is 20.4. The number of nitrogens with zero attached hydrogens (tertiary/aromatic N) is 5. The number of rotatable bonds is 9. The molecule has 0 spiro atoms. The minimum atomic E-state index is -0.809. The summed E-state index contributed by atoms with van der Waals surface area (Å²) in [4.78, 5) is 57.7. The fourth-order valence-corrected chi connectivity index (χ4v) is 3.55. The van der Waals surface area contributed by atoms with E-state index in [1.54, 1.807) is 11.5 Å². The van der Waals surface area contributed by atoms with Crippen LogP contribution in [0.15, 0.2) is 25.2 Å². The molecule has 0 saturated heterocycles. The molecule has 11 nitrogen and oxygen atoms in total. The van der Waals surface area contributed by atoms with Gasteiger partial charge < -0.3 is 0 Å². The minimum Gasteiger partial charge on any atom is -0.298 e. The SMILES string of the molecule is CCCn1c(C)c([N+](=O)[O-])c(=O)n(CCC)c1=O.CCCn1c(C)cc(=O)n(CCC)c1=O. The second-order valence-corrected chi connectivity index (χ2v) is 7.79. The van der Waals surface area contributed by atoms with Gasteiger partial charge in [0.2, 0.25) is 0 Å². The molecule has 0 aliphatic rings. The average molecular weight is 466 g/mol. The molecule has 0 aliphatic heterocycles. The monoisotopic (exact) mass is 465 g/mol. The van der Waals surface area contributed by atoms with Crippen LogP contribution in [-0.2, 0) is 26.2 Å². The first-order valence-electron chi connectivity index (χ1n) is 11.4. The fraction of sp³-hybridized carbons (Fsp3) is 0.636. The van der Waals surface area contributed by atoms with Gasteiger partial charge in [0.1, 0.15) is 5.69 Å². The normalized spacial score (nSPS) is 10.6. The molecule has 0 unspecified atom stereocenters. The van der Waals surface area contributed by atoms with Crippen LogP contribution in [0.25, 0.3) is 0 Å². The van der Waals surface area contributed by atoms with Gasteiger partial charge in [0.05, 0.1) is 4.92 Å². The van der Waals surface area contributed by atoms with Gasteiger partial charge in [-0.15, -0.1) is 0 Å². The first kappa shape index (κ1) is 27.8. The molecule has 2 aromatic rings. The largest absolute Gasteiger partial charge is 0.353 e. The van der Waals surface area contributed by atoms with Gasteiger partial charge in [-0.05, 0) is 39.5 Å². The molecule has 0 amide bonds. The van der Waals surface area contributed by atoms with Crippen molar-refractivity contribution < 1.29 is 4.92 Å². The maximum atomic E-state index is 12.1. The van der Waals surface area contributed by atoms with Crippen molar-refractivity contribution in [1.82, 2.24) is 18.3 Å². The van der Waals surface area contributed by atoms with Crippen molar-refractivity contribution in [1.29, 1.82) is 0 Å². The lowest BCUT2D eigenvalue weighted by molar-refractivity contribution is -0.387. The van der Waals surface area contributed by atoms with E-state index < -0.39 is 21.9 Å². The maximum absolute atomic E-state index is 12.1. The smallest absolute Gasteiger partial charge is 0.298 e. The second kappa shape index (κ2) is 12.7. The van der Waals surface area contributed by atoms with Gasteiger partial charge in [-0.25, -0.2) is 9.59 Å². The highest BCUT2D eigenvalue weighted by atomic mass is 16.6. The summed E-state index contributed by atoms with van der Waals surface area (Å²) in [6.07, 6.45) is 2.93. The predicted octanol–water partition coefficient (Wildman–Crippen LogP) is 2.19. The lowest BCUT2D eigenvalue weighted by atomic mass is 10.3. The zero-order chi connectivity index (χ0) is 25.3. The Labute approximate surface area is 192 Å². The van der Waals surface area contributed by atoms with Crippen molar-refractivity contribution in [2.75, 3.05) is 0 Å². The Balaban J connectivity index is 0.000000335. The average Bonchev–Trinajstić information content (AvgIpc) is 2.75. The van der Waals surface area contributed by atoms with E-state index in [1.165, 1.54) is 22.1 Å². The van der Waals surface area contributed by atoms with Crippen LogP contribution in [0, 0.1) is 24.0 Å². The first-order chi connectivity index (χ1) is 15.6. The quantitative estimate of drug-likeness (QED) is 0.412. The third kappa shape index (κ3) is 6.39. The van der Waals surface area contributed by atoms with E-state index in [9.17, 15) is 29.3 Å². The molecule has 33 heavy (non-hydrogen) atoms. The fourth-order valence-electron chi connectivity index (χ4n) is 3.55. The summed E-state index contributed by atoms with van der Waals surface area (Å²) in [7, 11) is 0. The summed E-state index contributed by atoms with van der Waals surface area (Å²) in [5.74, 6) is 0. The molecule has 2 aromatic heterocycles. The van der Waals surface area contributed by atoms with Crippen LogP contribution in [-0.4, -0.2) is 23.2 Å². The molecule has 0 fully saturated rings. The molecule has 0 bridgehead atoms. The third-order valence-corrected chi connectivity index (χ3v) is 5.11. The molecular formula is C22H35N5O6. The Hall–Kier alpha value is -3.24. The lowest BCUT2D eigenvalue weighted by Gasteiger charge is -2.12. The van der Waals surface area contributed by atoms with Crippen molar-refractivity contribution in [2.45, 2.75) is 93.4 Å². The van der Waals surface area contributed by atoms with E-state index in [1.807, 2.05) is 27.7 Å². The van der Waals surface area contributed by atoms with E-state index in [2.05, 4.69) is 0 Å². The topological polar surface area (TPSA) is 131 Å². The molecule has 0 aromatic carbocycles. The van der Waals surface area contributed by atoms with Crippen LogP contribution < -0.4 is 22.5 Å². The molecule has 0 radical (unpaired) electrons. The summed E-state index contributed by atoms with van der Waals surface area (Å²) < 4.78 is 5.22. The van der Waals surface area contributed by atoms with Crippen molar-refractivity contribution in [3.63, 3.8) is 0 Å². The van der Waals surface area contributed by atoms with Gasteiger partial charge in [-0.3, -0.25) is 38.0 Å². The molecule has 2 rings (SSSR count). The Morgan fingerprint density at radius 2 is 1.15 bits per heavy atom. The highest BCUT2D eigenvalue weighted by molar-refractivity contribution is 5.31. The summed E-state index contributed by atoms with van der Waals surface area (Å²) in [6, 6.07) is 1.53. The van der Waals surface area contributed by atoms with Crippen LogP contribution >= 0.6 is 0 Å². The Kier molecular flexibility index (Phi) is 10.7. The molecule has 0 N–H and O–H groups in total. The third-order valence-electron chi connectivity index (χ3n) is 5.11. The lowest BCUT2D eigenvalue weighted by Crippen LogP contribution is -2.42. The van der Waals surface area contributed by atoms with Crippen LogP contribution in [0.3, 0.4) is 0 Å². The molecule has 0 saturated carbocycles. The summed E-state index contributed by atoms with van der Waals surface area (Å²) in [5, 5.41) is 10.9. The minimum absolute atomic E-state index is 0.129. The van der Waals surface area contributed by atoms with E-state index in [4.69, 9.17) is 0 Å². The van der Waals surface area contributed by atoms with Crippen molar-refractivity contribution in [2.24, 2.45) is 0 Å². The van der Waals surface area contributed by atoms with Gasteiger partial charge in [0.15, 0.2) is 0 Å². The van der Waals surface area contributed by atoms with Crippen LogP contribution in [0.4, 0.5) is 5.69 Å². The number of aryl methyl sites for hydroxylation is 1. The molecule has 184 valence electrons.